The van der Waals surface area contributed by atoms with Gasteiger partial charge in [0.15, 0.2) is 5.82 Å². The van der Waals surface area contributed by atoms with Gasteiger partial charge in [0, 0.05) is 35.5 Å². The Morgan fingerprint density at radius 1 is 1.18 bits per heavy atom. The Morgan fingerprint density at radius 2 is 1.91 bits per heavy atom. The average molecular weight is 300 g/mol. The predicted molar refractivity (Wildman–Crippen MR) is 86.8 cm³/mol. The van der Waals surface area contributed by atoms with E-state index in [0.717, 1.165) is 11.5 Å². The Morgan fingerprint density at radius 3 is 2.55 bits per heavy atom. The molecular weight excluding hydrogens is 280 g/mol. The molecule has 1 atom stereocenters. The Hall–Kier alpha value is -2.50. The highest BCUT2D eigenvalue weighted by atomic mass is 16.6. The topological polar surface area (TPSA) is 81.0 Å². The highest BCUT2D eigenvalue weighted by molar-refractivity contribution is 5.61. The highest BCUT2D eigenvalue weighted by Gasteiger charge is 2.12. The molecule has 0 fully saturated rings. The molecule has 0 bridgehead atoms. The first-order valence-corrected chi connectivity index (χ1v) is 7.24. The van der Waals surface area contributed by atoms with Crippen molar-refractivity contribution in [1.82, 2.24) is 9.97 Å². The van der Waals surface area contributed by atoms with Crippen molar-refractivity contribution >= 4 is 11.5 Å². The van der Waals surface area contributed by atoms with Crippen LogP contribution in [0.15, 0.2) is 30.3 Å². The number of hydrogen-bond donors (Lipinski definition) is 1. The molecule has 0 aliphatic rings. The zero-order chi connectivity index (χ0) is 16.3. The number of non-ortho nitro benzene ring substituents is 1. The van der Waals surface area contributed by atoms with Gasteiger partial charge in [-0.2, -0.15) is 0 Å². The second-order valence-corrected chi connectivity index (χ2v) is 5.70. The number of rotatable bonds is 5. The molecule has 0 saturated carbocycles. The zero-order valence-electron chi connectivity index (χ0n) is 13.2. The number of hydrogen-bond acceptors (Lipinski definition) is 5. The zero-order valence-corrected chi connectivity index (χ0v) is 13.2. The van der Waals surface area contributed by atoms with Crippen molar-refractivity contribution in [2.24, 2.45) is 5.92 Å². The summed E-state index contributed by atoms with van der Waals surface area (Å²) in [6.07, 6.45) is 0. The number of nitro groups is 1. The molecule has 2 rings (SSSR count). The monoisotopic (exact) mass is 300 g/mol. The molecule has 1 aromatic heterocycles. The van der Waals surface area contributed by atoms with Gasteiger partial charge < -0.3 is 5.32 Å². The minimum absolute atomic E-state index is 0.0349. The van der Waals surface area contributed by atoms with Crippen LogP contribution in [0.4, 0.5) is 11.5 Å². The Balaban J connectivity index is 2.37. The third-order valence-electron chi connectivity index (χ3n) is 3.54. The fourth-order valence-electron chi connectivity index (χ4n) is 1.93. The van der Waals surface area contributed by atoms with Crippen LogP contribution in [0.2, 0.25) is 0 Å². The lowest BCUT2D eigenvalue weighted by Crippen LogP contribution is -2.22. The molecular formula is C16H20N4O2. The molecule has 6 heteroatoms. The van der Waals surface area contributed by atoms with E-state index < -0.39 is 4.92 Å². The summed E-state index contributed by atoms with van der Waals surface area (Å²) in [6, 6.07) is 8.51. The van der Waals surface area contributed by atoms with Crippen molar-refractivity contribution in [3.8, 4) is 11.4 Å². The lowest BCUT2D eigenvalue weighted by atomic mass is 10.1. The van der Waals surface area contributed by atoms with Crippen molar-refractivity contribution in [2.75, 3.05) is 5.32 Å². The largest absolute Gasteiger partial charge is 0.367 e. The minimum Gasteiger partial charge on any atom is -0.367 e. The van der Waals surface area contributed by atoms with Crippen LogP contribution in [0.25, 0.3) is 11.4 Å². The molecule has 0 aliphatic carbocycles. The number of anilines is 1. The first kappa shape index (κ1) is 15.9. The molecule has 0 amide bonds. The molecule has 1 N–H and O–H groups in total. The SMILES string of the molecule is Cc1cc(NC(C)C(C)C)nc(-c2cccc([N+](=O)[O-])c2)n1. The predicted octanol–water partition coefficient (Wildman–Crippen LogP) is 3.82. The first-order chi connectivity index (χ1) is 10.4. The van der Waals surface area contributed by atoms with Crippen molar-refractivity contribution in [2.45, 2.75) is 33.7 Å². The van der Waals surface area contributed by atoms with Gasteiger partial charge in [0.05, 0.1) is 4.92 Å². The van der Waals surface area contributed by atoms with E-state index in [9.17, 15) is 10.1 Å². The quantitative estimate of drug-likeness (QED) is 0.670. The number of benzene rings is 1. The van der Waals surface area contributed by atoms with Crippen molar-refractivity contribution in [3.05, 3.63) is 46.1 Å². The van der Waals surface area contributed by atoms with Crippen LogP contribution >= 0.6 is 0 Å². The summed E-state index contributed by atoms with van der Waals surface area (Å²) in [5.74, 6) is 1.69. The number of aryl methyl sites for hydroxylation is 1. The van der Waals surface area contributed by atoms with Crippen LogP contribution in [0.3, 0.4) is 0 Å². The average Bonchev–Trinajstić information content (AvgIpc) is 2.46. The van der Waals surface area contributed by atoms with Gasteiger partial charge in [0.2, 0.25) is 0 Å². The Labute approximate surface area is 129 Å². The number of nitro benzene ring substituents is 1. The molecule has 0 radical (unpaired) electrons. The van der Waals surface area contributed by atoms with Crippen LogP contribution < -0.4 is 5.32 Å². The lowest BCUT2D eigenvalue weighted by Gasteiger charge is -2.18. The van der Waals surface area contributed by atoms with E-state index >= 15 is 0 Å². The summed E-state index contributed by atoms with van der Waals surface area (Å²) in [4.78, 5) is 19.3. The summed E-state index contributed by atoms with van der Waals surface area (Å²) in [5.41, 5.74) is 1.49. The van der Waals surface area contributed by atoms with Crippen LogP contribution in [0, 0.1) is 23.0 Å². The van der Waals surface area contributed by atoms with E-state index in [0.29, 0.717) is 17.3 Å². The van der Waals surface area contributed by atoms with Gasteiger partial charge in [0.25, 0.3) is 5.69 Å². The summed E-state index contributed by atoms with van der Waals surface area (Å²) in [7, 11) is 0. The van der Waals surface area contributed by atoms with E-state index in [-0.39, 0.29) is 11.7 Å². The smallest absolute Gasteiger partial charge is 0.270 e. The molecule has 6 nitrogen and oxygen atoms in total. The van der Waals surface area contributed by atoms with Crippen LogP contribution in [0.1, 0.15) is 26.5 Å². The maximum atomic E-state index is 10.9. The van der Waals surface area contributed by atoms with Gasteiger partial charge in [-0.15, -0.1) is 0 Å². The summed E-state index contributed by atoms with van der Waals surface area (Å²) < 4.78 is 0. The molecule has 2 aromatic rings. The van der Waals surface area contributed by atoms with Crippen molar-refractivity contribution in [3.63, 3.8) is 0 Å². The van der Waals surface area contributed by atoms with Crippen LogP contribution in [-0.4, -0.2) is 20.9 Å². The maximum absolute atomic E-state index is 10.9. The minimum atomic E-state index is -0.417. The maximum Gasteiger partial charge on any atom is 0.270 e. The molecule has 22 heavy (non-hydrogen) atoms. The second kappa shape index (κ2) is 6.51. The summed E-state index contributed by atoms with van der Waals surface area (Å²) in [5, 5.41) is 14.2. The summed E-state index contributed by atoms with van der Waals surface area (Å²) >= 11 is 0. The third-order valence-corrected chi connectivity index (χ3v) is 3.54. The van der Waals surface area contributed by atoms with Crippen molar-refractivity contribution < 1.29 is 4.92 Å². The van der Waals surface area contributed by atoms with Gasteiger partial charge in [-0.05, 0) is 19.8 Å². The molecule has 0 spiro atoms. The molecule has 1 heterocycles. The third kappa shape index (κ3) is 3.78. The summed E-state index contributed by atoms with van der Waals surface area (Å²) in [6.45, 7) is 8.24. The van der Waals surface area contributed by atoms with Gasteiger partial charge >= 0.3 is 0 Å². The van der Waals surface area contributed by atoms with Crippen LogP contribution in [-0.2, 0) is 0 Å². The second-order valence-electron chi connectivity index (χ2n) is 5.70. The fraction of sp³-hybridized carbons (Fsp3) is 0.375. The number of nitrogens with one attached hydrogen (secondary N) is 1. The van der Waals surface area contributed by atoms with Gasteiger partial charge in [0.1, 0.15) is 5.82 Å². The van der Waals surface area contributed by atoms with E-state index in [1.807, 2.05) is 13.0 Å². The van der Waals surface area contributed by atoms with Gasteiger partial charge in [-0.25, -0.2) is 9.97 Å². The van der Waals surface area contributed by atoms with E-state index in [4.69, 9.17) is 0 Å². The molecule has 0 saturated heterocycles. The number of aromatic nitrogens is 2. The van der Waals surface area contributed by atoms with Crippen molar-refractivity contribution in [1.29, 1.82) is 0 Å². The van der Waals surface area contributed by atoms with E-state index in [1.54, 1.807) is 12.1 Å². The van der Waals surface area contributed by atoms with E-state index in [1.165, 1.54) is 12.1 Å². The number of nitrogens with zero attached hydrogens (tertiary/aromatic N) is 3. The van der Waals surface area contributed by atoms with Gasteiger partial charge in [-0.1, -0.05) is 26.0 Å². The standard InChI is InChI=1S/C16H20N4O2/c1-10(2)12(4)18-15-8-11(3)17-16(19-15)13-6-5-7-14(9-13)20(21)22/h5-10,12H,1-4H3,(H,17,18,19). The molecule has 1 aromatic carbocycles. The lowest BCUT2D eigenvalue weighted by molar-refractivity contribution is -0.384. The van der Waals surface area contributed by atoms with Crippen LogP contribution in [0.5, 0.6) is 0 Å². The highest BCUT2D eigenvalue weighted by Crippen LogP contribution is 2.23. The fourth-order valence-corrected chi connectivity index (χ4v) is 1.93. The van der Waals surface area contributed by atoms with Gasteiger partial charge in [-0.3, -0.25) is 10.1 Å². The molecule has 116 valence electrons. The molecule has 1 unspecified atom stereocenters. The molecule has 0 aliphatic heterocycles. The Kier molecular flexibility index (Phi) is 4.70. The van der Waals surface area contributed by atoms with E-state index in [2.05, 4.69) is 36.1 Å². The normalized spacial score (nSPS) is 12.2. The first-order valence-electron chi connectivity index (χ1n) is 7.24. The Bertz CT molecular complexity index is 686.